The average molecular weight is 212 g/mol. The quantitative estimate of drug-likeness (QED) is 0.586. The Morgan fingerprint density at radius 2 is 1.80 bits per heavy atom. The van der Waals surface area contributed by atoms with E-state index < -0.39 is 0 Å². The third-order valence-corrected chi connectivity index (χ3v) is 3.76. The van der Waals surface area contributed by atoms with E-state index >= 15 is 0 Å². The van der Waals surface area contributed by atoms with E-state index in [0.717, 1.165) is 0 Å². The van der Waals surface area contributed by atoms with Crippen LogP contribution in [0.5, 0.6) is 0 Å². The minimum absolute atomic E-state index is 0.396. The Morgan fingerprint density at radius 1 is 1.13 bits per heavy atom. The monoisotopic (exact) mass is 212 g/mol. The Labute approximate surface area is 92.8 Å². The van der Waals surface area contributed by atoms with Gasteiger partial charge in [-0.05, 0) is 19.8 Å². The van der Waals surface area contributed by atoms with Gasteiger partial charge in [-0.25, -0.2) is 5.01 Å². The fourth-order valence-corrected chi connectivity index (χ4v) is 3.09. The molecule has 5 unspecified atom stereocenters. The maximum absolute atomic E-state index is 3.66. The van der Waals surface area contributed by atoms with Crippen molar-refractivity contribution in [2.45, 2.75) is 52.1 Å². The maximum Gasteiger partial charge on any atom is 0.0800 e. The van der Waals surface area contributed by atoms with Gasteiger partial charge >= 0.3 is 0 Å². The fourth-order valence-electron chi connectivity index (χ4n) is 3.09. The zero-order valence-corrected chi connectivity index (χ0v) is 10.4. The molecule has 0 radical (unpaired) electrons. The van der Waals surface area contributed by atoms with Crippen LogP contribution in [0.1, 0.15) is 27.7 Å². The molecule has 2 fully saturated rings. The van der Waals surface area contributed by atoms with Crippen molar-refractivity contribution in [2.75, 3.05) is 7.05 Å². The number of hydrogen-bond acceptors (Lipinski definition) is 4. The summed E-state index contributed by atoms with van der Waals surface area (Å²) < 4.78 is 0. The molecule has 0 bridgehead atoms. The molecular formula is C11H24N4. The zero-order chi connectivity index (χ0) is 11.2. The molecule has 2 aliphatic heterocycles. The average Bonchev–Trinajstić information content (AvgIpc) is 2.41. The molecule has 0 aromatic rings. The number of fused-ring (bicyclic) bond motifs is 1. The summed E-state index contributed by atoms with van der Waals surface area (Å²) in [6.07, 6.45) is 0.858. The molecule has 2 heterocycles. The van der Waals surface area contributed by atoms with Gasteiger partial charge in [0.25, 0.3) is 0 Å². The van der Waals surface area contributed by atoms with Crippen molar-refractivity contribution >= 4 is 0 Å². The van der Waals surface area contributed by atoms with Crippen LogP contribution in [0.15, 0.2) is 0 Å². The SMILES string of the molecule is CC1NC(C(C)C)C2C(C)NN(C)C2N1. The molecule has 15 heavy (non-hydrogen) atoms. The molecule has 4 heteroatoms. The Balaban J connectivity index is 2.19. The molecular weight excluding hydrogens is 188 g/mol. The van der Waals surface area contributed by atoms with Crippen LogP contribution in [0, 0.1) is 11.8 Å². The van der Waals surface area contributed by atoms with Crippen molar-refractivity contribution in [3.63, 3.8) is 0 Å². The molecule has 3 N–H and O–H groups in total. The van der Waals surface area contributed by atoms with E-state index in [2.05, 4.69) is 55.8 Å². The van der Waals surface area contributed by atoms with Crippen molar-refractivity contribution in [2.24, 2.45) is 11.8 Å². The first kappa shape index (κ1) is 11.3. The highest BCUT2D eigenvalue weighted by Gasteiger charge is 2.46. The van der Waals surface area contributed by atoms with Crippen molar-refractivity contribution < 1.29 is 0 Å². The van der Waals surface area contributed by atoms with Crippen LogP contribution in [-0.4, -0.2) is 36.5 Å². The van der Waals surface area contributed by atoms with E-state index in [9.17, 15) is 0 Å². The first-order valence-corrected chi connectivity index (χ1v) is 6.02. The predicted molar refractivity (Wildman–Crippen MR) is 62.0 cm³/mol. The highest BCUT2D eigenvalue weighted by atomic mass is 15.6. The largest absolute Gasteiger partial charge is 0.299 e. The van der Waals surface area contributed by atoms with Crippen LogP contribution in [0.2, 0.25) is 0 Å². The Kier molecular flexibility index (Phi) is 3.03. The van der Waals surface area contributed by atoms with Gasteiger partial charge in [-0.3, -0.25) is 16.1 Å². The van der Waals surface area contributed by atoms with Crippen LogP contribution in [-0.2, 0) is 0 Å². The Bertz CT molecular complexity index is 231. The molecule has 88 valence electrons. The molecule has 2 saturated heterocycles. The highest BCUT2D eigenvalue weighted by molar-refractivity contribution is 5.00. The predicted octanol–water partition coefficient (Wildman–Crippen LogP) is 0.331. The zero-order valence-electron chi connectivity index (χ0n) is 10.4. The summed E-state index contributed by atoms with van der Waals surface area (Å²) >= 11 is 0. The molecule has 0 amide bonds. The topological polar surface area (TPSA) is 39.3 Å². The minimum Gasteiger partial charge on any atom is -0.299 e. The van der Waals surface area contributed by atoms with Gasteiger partial charge in [0.2, 0.25) is 0 Å². The first-order valence-electron chi connectivity index (χ1n) is 6.02. The van der Waals surface area contributed by atoms with Gasteiger partial charge in [0.15, 0.2) is 0 Å². The smallest absolute Gasteiger partial charge is 0.0800 e. The van der Waals surface area contributed by atoms with Gasteiger partial charge in [-0.2, -0.15) is 0 Å². The number of hydrazine groups is 1. The highest BCUT2D eigenvalue weighted by Crippen LogP contribution is 2.29. The summed E-state index contributed by atoms with van der Waals surface area (Å²) in [5, 5.41) is 9.48. The van der Waals surface area contributed by atoms with Gasteiger partial charge in [0.05, 0.1) is 12.3 Å². The van der Waals surface area contributed by atoms with Crippen molar-refractivity contribution in [3.8, 4) is 0 Å². The third kappa shape index (κ3) is 1.91. The summed E-state index contributed by atoms with van der Waals surface area (Å²) in [7, 11) is 2.13. The van der Waals surface area contributed by atoms with Gasteiger partial charge in [0, 0.05) is 25.0 Å². The molecule has 0 aromatic heterocycles. The summed E-state index contributed by atoms with van der Waals surface area (Å²) in [5.41, 5.74) is 3.49. The Hall–Kier alpha value is -0.160. The summed E-state index contributed by atoms with van der Waals surface area (Å²) in [6, 6.07) is 1.14. The van der Waals surface area contributed by atoms with Gasteiger partial charge in [-0.1, -0.05) is 13.8 Å². The number of nitrogens with one attached hydrogen (secondary N) is 3. The number of rotatable bonds is 1. The lowest BCUT2D eigenvalue weighted by molar-refractivity contribution is 0.0876. The standard InChI is InChI=1S/C11H24N4/c1-6(2)10-9-7(3)14-15(5)11(9)13-8(4)12-10/h6-14H,1-5H3. The van der Waals surface area contributed by atoms with Crippen molar-refractivity contribution in [1.29, 1.82) is 0 Å². The van der Waals surface area contributed by atoms with Crippen LogP contribution in [0.3, 0.4) is 0 Å². The van der Waals surface area contributed by atoms with E-state index in [1.54, 1.807) is 0 Å². The van der Waals surface area contributed by atoms with E-state index in [0.29, 0.717) is 36.3 Å². The summed E-state index contributed by atoms with van der Waals surface area (Å²) in [5.74, 6) is 1.32. The van der Waals surface area contributed by atoms with Crippen LogP contribution < -0.4 is 16.1 Å². The number of hydrogen-bond donors (Lipinski definition) is 3. The molecule has 0 aromatic carbocycles. The van der Waals surface area contributed by atoms with E-state index in [-0.39, 0.29) is 0 Å². The maximum atomic E-state index is 3.66. The molecule has 0 saturated carbocycles. The van der Waals surface area contributed by atoms with Gasteiger partial charge in [0.1, 0.15) is 0 Å². The van der Waals surface area contributed by atoms with E-state index in [1.165, 1.54) is 0 Å². The lowest BCUT2D eigenvalue weighted by atomic mass is 9.83. The second-order valence-corrected chi connectivity index (χ2v) is 5.38. The minimum atomic E-state index is 0.396. The molecule has 4 nitrogen and oxygen atoms in total. The van der Waals surface area contributed by atoms with Gasteiger partial charge in [-0.15, -0.1) is 0 Å². The lowest BCUT2D eigenvalue weighted by Crippen LogP contribution is -2.65. The Morgan fingerprint density at radius 3 is 2.40 bits per heavy atom. The van der Waals surface area contributed by atoms with Crippen molar-refractivity contribution in [3.05, 3.63) is 0 Å². The molecule has 0 aliphatic carbocycles. The van der Waals surface area contributed by atoms with Gasteiger partial charge < -0.3 is 0 Å². The lowest BCUT2D eigenvalue weighted by Gasteiger charge is -2.43. The second-order valence-electron chi connectivity index (χ2n) is 5.38. The van der Waals surface area contributed by atoms with Crippen LogP contribution in [0.25, 0.3) is 0 Å². The molecule has 0 spiro atoms. The normalized spacial score (nSPS) is 47.2. The van der Waals surface area contributed by atoms with E-state index in [1.807, 2.05) is 0 Å². The van der Waals surface area contributed by atoms with Crippen LogP contribution >= 0.6 is 0 Å². The second kappa shape index (κ2) is 4.01. The number of nitrogens with zero attached hydrogens (tertiary/aromatic N) is 1. The molecule has 5 atom stereocenters. The molecule has 2 rings (SSSR count). The first-order chi connectivity index (χ1) is 7.00. The fraction of sp³-hybridized carbons (Fsp3) is 1.00. The molecule has 2 aliphatic rings. The third-order valence-electron chi connectivity index (χ3n) is 3.76. The van der Waals surface area contributed by atoms with E-state index in [4.69, 9.17) is 0 Å². The van der Waals surface area contributed by atoms with Crippen molar-refractivity contribution in [1.82, 2.24) is 21.1 Å². The summed E-state index contributed by atoms with van der Waals surface area (Å²) in [4.78, 5) is 0. The summed E-state index contributed by atoms with van der Waals surface area (Å²) in [6.45, 7) is 9.08. The van der Waals surface area contributed by atoms with Crippen LogP contribution in [0.4, 0.5) is 0 Å².